The number of benzene rings is 2. The minimum Gasteiger partial charge on any atom is -0.496 e. The Balaban J connectivity index is 1.74. The van der Waals surface area contributed by atoms with Gasteiger partial charge in [-0.25, -0.2) is 8.78 Å². The second-order valence-corrected chi connectivity index (χ2v) is 7.24. The maximum absolute atomic E-state index is 13.8. The molecule has 1 amide bonds. The highest BCUT2D eigenvalue weighted by atomic mass is 32.1. The lowest BCUT2D eigenvalue weighted by atomic mass is 10.2. The summed E-state index contributed by atoms with van der Waals surface area (Å²) >= 11 is 1.59. The number of halogens is 2. The van der Waals surface area contributed by atoms with Gasteiger partial charge in [-0.15, -0.1) is 11.3 Å². The number of hydrogen-bond donors (Lipinski definition) is 1. The summed E-state index contributed by atoms with van der Waals surface area (Å²) in [7, 11) is 1.60. The number of amides is 1. The van der Waals surface area contributed by atoms with E-state index in [-0.39, 0.29) is 12.2 Å². The predicted molar refractivity (Wildman–Crippen MR) is 106 cm³/mol. The van der Waals surface area contributed by atoms with E-state index in [0.717, 1.165) is 34.4 Å². The van der Waals surface area contributed by atoms with E-state index >= 15 is 0 Å². The molecule has 0 radical (unpaired) electrons. The highest BCUT2D eigenvalue weighted by molar-refractivity contribution is 7.09. The molecule has 0 unspecified atom stereocenters. The van der Waals surface area contributed by atoms with Crippen LogP contribution in [-0.2, 0) is 17.9 Å². The zero-order valence-corrected chi connectivity index (χ0v) is 16.1. The third-order valence-corrected chi connectivity index (χ3v) is 4.98. The van der Waals surface area contributed by atoms with Gasteiger partial charge in [0.25, 0.3) is 0 Å². The number of para-hydroxylation sites is 1. The van der Waals surface area contributed by atoms with Crippen molar-refractivity contribution < 1.29 is 18.3 Å². The van der Waals surface area contributed by atoms with Crippen LogP contribution in [-0.4, -0.2) is 24.5 Å². The molecule has 4 nitrogen and oxygen atoms in total. The second kappa shape index (κ2) is 9.43. The molecule has 146 valence electrons. The molecule has 0 aliphatic carbocycles. The Labute approximate surface area is 166 Å². The van der Waals surface area contributed by atoms with Gasteiger partial charge in [-0.1, -0.05) is 24.3 Å². The maximum atomic E-state index is 13.8. The van der Waals surface area contributed by atoms with Crippen LogP contribution in [0.25, 0.3) is 0 Å². The number of anilines is 1. The Kier molecular flexibility index (Phi) is 6.73. The van der Waals surface area contributed by atoms with Crippen molar-refractivity contribution in [1.29, 1.82) is 0 Å². The van der Waals surface area contributed by atoms with Gasteiger partial charge >= 0.3 is 0 Å². The molecule has 3 aromatic rings. The molecule has 0 fully saturated rings. The molecule has 3 rings (SSSR count). The van der Waals surface area contributed by atoms with Gasteiger partial charge in [-0.3, -0.25) is 9.69 Å². The summed E-state index contributed by atoms with van der Waals surface area (Å²) in [5.41, 5.74) is 0.768. The summed E-state index contributed by atoms with van der Waals surface area (Å²) in [5, 5.41) is 4.42. The first-order valence-electron chi connectivity index (χ1n) is 8.66. The number of nitrogens with zero attached hydrogens (tertiary/aromatic N) is 1. The summed E-state index contributed by atoms with van der Waals surface area (Å²) < 4.78 is 32.5. The lowest BCUT2D eigenvalue weighted by Crippen LogP contribution is -2.32. The molecular weight excluding hydrogens is 382 g/mol. The van der Waals surface area contributed by atoms with E-state index in [4.69, 9.17) is 4.74 Å². The zero-order chi connectivity index (χ0) is 19.9. The average molecular weight is 402 g/mol. The van der Waals surface area contributed by atoms with Crippen LogP contribution in [0.5, 0.6) is 5.75 Å². The van der Waals surface area contributed by atoms with Crippen molar-refractivity contribution in [2.45, 2.75) is 13.1 Å². The number of ether oxygens (including phenoxy) is 1. The smallest absolute Gasteiger partial charge is 0.238 e. The molecule has 0 aliphatic rings. The van der Waals surface area contributed by atoms with Crippen molar-refractivity contribution >= 4 is 22.9 Å². The molecule has 0 saturated carbocycles. The molecule has 7 heteroatoms. The van der Waals surface area contributed by atoms with E-state index in [2.05, 4.69) is 5.32 Å². The molecule has 1 N–H and O–H groups in total. The van der Waals surface area contributed by atoms with Gasteiger partial charge in [0.2, 0.25) is 5.91 Å². The Morgan fingerprint density at radius 1 is 1.11 bits per heavy atom. The average Bonchev–Trinajstić information content (AvgIpc) is 3.18. The van der Waals surface area contributed by atoms with Crippen LogP contribution in [0.15, 0.2) is 60.0 Å². The van der Waals surface area contributed by atoms with Crippen molar-refractivity contribution in [3.63, 3.8) is 0 Å². The van der Waals surface area contributed by atoms with Gasteiger partial charge in [0.05, 0.1) is 19.3 Å². The molecule has 1 aromatic heterocycles. The van der Waals surface area contributed by atoms with E-state index < -0.39 is 17.5 Å². The number of rotatable bonds is 8. The standard InChI is InChI=1S/C21H20F2N2O2S/c1-27-20-7-3-2-5-15(20)12-25(13-17-6-4-10-28-17)14-21(26)24-19-11-16(22)8-9-18(19)23/h2-11H,12-14H2,1H3,(H,24,26). The van der Waals surface area contributed by atoms with Crippen LogP contribution in [0.3, 0.4) is 0 Å². The van der Waals surface area contributed by atoms with E-state index in [1.807, 2.05) is 46.7 Å². The zero-order valence-electron chi connectivity index (χ0n) is 15.3. The van der Waals surface area contributed by atoms with E-state index in [1.165, 1.54) is 0 Å². The van der Waals surface area contributed by atoms with Crippen LogP contribution in [0, 0.1) is 11.6 Å². The fourth-order valence-electron chi connectivity index (χ4n) is 2.85. The minimum atomic E-state index is -0.677. The molecule has 0 aliphatic heterocycles. The van der Waals surface area contributed by atoms with Crippen LogP contribution in [0.4, 0.5) is 14.5 Å². The third kappa shape index (κ3) is 5.37. The summed E-state index contributed by atoms with van der Waals surface area (Å²) in [5.74, 6) is -0.975. The fourth-order valence-corrected chi connectivity index (χ4v) is 3.60. The van der Waals surface area contributed by atoms with Crippen LogP contribution >= 0.6 is 11.3 Å². The first kappa shape index (κ1) is 20.0. The quantitative estimate of drug-likeness (QED) is 0.595. The molecule has 1 heterocycles. The summed E-state index contributed by atoms with van der Waals surface area (Å²) in [6.45, 7) is 1.04. The van der Waals surface area contributed by atoms with Crippen LogP contribution in [0.1, 0.15) is 10.4 Å². The van der Waals surface area contributed by atoms with Gasteiger partial charge in [0.15, 0.2) is 0 Å². The number of hydrogen-bond acceptors (Lipinski definition) is 4. The first-order chi connectivity index (χ1) is 13.5. The normalized spacial score (nSPS) is 10.9. The Morgan fingerprint density at radius 3 is 2.68 bits per heavy atom. The Bertz CT molecular complexity index is 932. The molecule has 0 bridgehead atoms. The topological polar surface area (TPSA) is 41.6 Å². The molecule has 0 atom stereocenters. The van der Waals surface area contributed by atoms with Crippen molar-refractivity contribution in [2.24, 2.45) is 0 Å². The lowest BCUT2D eigenvalue weighted by Gasteiger charge is -2.22. The lowest BCUT2D eigenvalue weighted by molar-refractivity contribution is -0.117. The second-order valence-electron chi connectivity index (χ2n) is 6.21. The number of methoxy groups -OCH3 is 1. The number of thiophene rings is 1. The van der Waals surface area contributed by atoms with Crippen molar-refractivity contribution in [2.75, 3.05) is 19.0 Å². The summed E-state index contributed by atoms with van der Waals surface area (Å²) in [4.78, 5) is 15.5. The summed E-state index contributed by atoms with van der Waals surface area (Å²) in [6, 6.07) is 14.5. The van der Waals surface area contributed by atoms with E-state index in [1.54, 1.807) is 18.4 Å². The van der Waals surface area contributed by atoms with Gasteiger partial charge in [0.1, 0.15) is 17.4 Å². The molecule has 0 saturated heterocycles. The molecular formula is C21H20F2N2O2S. The maximum Gasteiger partial charge on any atom is 0.238 e. The predicted octanol–water partition coefficient (Wildman–Crippen LogP) is 4.68. The highest BCUT2D eigenvalue weighted by Gasteiger charge is 2.16. The van der Waals surface area contributed by atoms with Gasteiger partial charge < -0.3 is 10.1 Å². The fraction of sp³-hybridized carbons (Fsp3) is 0.190. The van der Waals surface area contributed by atoms with Crippen molar-refractivity contribution in [3.05, 3.63) is 82.1 Å². The molecule has 28 heavy (non-hydrogen) atoms. The van der Waals surface area contributed by atoms with E-state index in [9.17, 15) is 13.6 Å². The Morgan fingerprint density at radius 2 is 1.93 bits per heavy atom. The van der Waals surface area contributed by atoms with Crippen LogP contribution in [0.2, 0.25) is 0 Å². The van der Waals surface area contributed by atoms with E-state index in [0.29, 0.717) is 13.1 Å². The number of carbonyl (C=O) groups excluding carboxylic acids is 1. The third-order valence-electron chi connectivity index (χ3n) is 4.12. The highest BCUT2D eigenvalue weighted by Crippen LogP contribution is 2.22. The SMILES string of the molecule is COc1ccccc1CN(CC(=O)Nc1cc(F)ccc1F)Cc1cccs1. The van der Waals surface area contributed by atoms with Crippen LogP contribution < -0.4 is 10.1 Å². The van der Waals surface area contributed by atoms with Gasteiger partial charge in [-0.2, -0.15) is 0 Å². The van der Waals surface area contributed by atoms with Crippen molar-refractivity contribution in [3.8, 4) is 5.75 Å². The van der Waals surface area contributed by atoms with Gasteiger partial charge in [0, 0.05) is 29.6 Å². The Hall–Kier alpha value is -2.77. The summed E-state index contributed by atoms with van der Waals surface area (Å²) in [6.07, 6.45) is 0. The molecule has 2 aromatic carbocycles. The number of nitrogens with one attached hydrogen (secondary N) is 1. The number of carbonyl (C=O) groups is 1. The largest absolute Gasteiger partial charge is 0.496 e. The van der Waals surface area contributed by atoms with Crippen molar-refractivity contribution in [1.82, 2.24) is 4.90 Å². The van der Waals surface area contributed by atoms with Gasteiger partial charge in [-0.05, 0) is 29.6 Å². The first-order valence-corrected chi connectivity index (χ1v) is 9.54. The monoisotopic (exact) mass is 402 g/mol. The molecule has 0 spiro atoms. The minimum absolute atomic E-state index is 0.0197.